The van der Waals surface area contributed by atoms with E-state index < -0.39 is 17.9 Å². The Labute approximate surface area is 112 Å². The lowest BCUT2D eigenvalue weighted by molar-refractivity contribution is -0.142. The van der Waals surface area contributed by atoms with E-state index in [0.717, 1.165) is 11.1 Å². The Morgan fingerprint density at radius 2 is 2.16 bits per heavy atom. The van der Waals surface area contributed by atoms with E-state index in [1.54, 1.807) is 6.92 Å². The van der Waals surface area contributed by atoms with Crippen LogP contribution in [0, 0.1) is 6.92 Å². The van der Waals surface area contributed by atoms with E-state index in [1.165, 1.54) is 0 Å². The summed E-state index contributed by atoms with van der Waals surface area (Å²) in [6.07, 6.45) is 0.259. The van der Waals surface area contributed by atoms with Crippen LogP contribution in [0.25, 0.3) is 0 Å². The molecule has 104 valence electrons. The van der Waals surface area contributed by atoms with Gasteiger partial charge in [-0.2, -0.15) is 0 Å². The third-order valence-corrected chi connectivity index (χ3v) is 2.59. The number of carboxylic acid groups (broad SMARTS) is 1. The van der Waals surface area contributed by atoms with Crippen molar-refractivity contribution in [1.29, 1.82) is 0 Å². The van der Waals surface area contributed by atoms with E-state index in [0.29, 0.717) is 6.61 Å². The molecule has 0 unspecified atom stereocenters. The molecule has 0 bridgehead atoms. The molecule has 0 spiro atoms. The summed E-state index contributed by atoms with van der Waals surface area (Å²) in [5.41, 5.74) is 1.94. The van der Waals surface area contributed by atoms with Crippen molar-refractivity contribution in [2.45, 2.75) is 26.3 Å². The van der Waals surface area contributed by atoms with Gasteiger partial charge in [0.2, 0.25) is 5.91 Å². The summed E-state index contributed by atoms with van der Waals surface area (Å²) >= 11 is 0. The van der Waals surface area contributed by atoms with Crippen LogP contribution in [-0.4, -0.2) is 36.2 Å². The molecule has 0 saturated heterocycles. The fourth-order valence-corrected chi connectivity index (χ4v) is 1.71. The number of aliphatic carboxylic acids is 1. The molecule has 1 aromatic rings. The monoisotopic (exact) mass is 265 g/mol. The van der Waals surface area contributed by atoms with Crippen molar-refractivity contribution in [1.82, 2.24) is 5.32 Å². The molecule has 1 aromatic carbocycles. The molecule has 0 radical (unpaired) electrons. The standard InChI is InChI=1S/C14H19NO4/c1-3-19-9-13(16)15-12(14(17)18)8-11-6-4-5-10(2)7-11/h4-7,12H,3,8-9H2,1-2H3,(H,15,16)(H,17,18)/t12-/m0/s1. The number of carbonyl (C=O) groups excluding carboxylic acids is 1. The second-order valence-electron chi connectivity index (χ2n) is 4.29. The zero-order valence-corrected chi connectivity index (χ0v) is 11.2. The van der Waals surface area contributed by atoms with Crippen molar-refractivity contribution in [3.05, 3.63) is 35.4 Å². The first-order valence-electron chi connectivity index (χ1n) is 6.18. The number of amides is 1. The minimum Gasteiger partial charge on any atom is -0.480 e. The third-order valence-electron chi connectivity index (χ3n) is 2.59. The number of aryl methyl sites for hydroxylation is 1. The number of carbonyl (C=O) groups is 2. The summed E-state index contributed by atoms with van der Waals surface area (Å²) in [6, 6.07) is 6.62. The molecule has 1 rings (SSSR count). The summed E-state index contributed by atoms with van der Waals surface area (Å²) in [4.78, 5) is 22.6. The Bertz CT molecular complexity index is 445. The number of ether oxygens (including phenoxy) is 1. The van der Waals surface area contributed by atoms with Crippen molar-refractivity contribution in [3.63, 3.8) is 0 Å². The smallest absolute Gasteiger partial charge is 0.326 e. The highest BCUT2D eigenvalue weighted by Gasteiger charge is 2.20. The topological polar surface area (TPSA) is 75.6 Å². The van der Waals surface area contributed by atoms with E-state index >= 15 is 0 Å². The van der Waals surface area contributed by atoms with Gasteiger partial charge in [-0.3, -0.25) is 4.79 Å². The van der Waals surface area contributed by atoms with Gasteiger partial charge in [-0.25, -0.2) is 4.79 Å². The van der Waals surface area contributed by atoms with E-state index in [1.807, 2.05) is 31.2 Å². The molecule has 1 atom stereocenters. The van der Waals surface area contributed by atoms with Gasteiger partial charge in [-0.05, 0) is 19.4 Å². The second kappa shape index (κ2) is 7.53. The summed E-state index contributed by atoms with van der Waals surface area (Å²) in [6.45, 7) is 4.01. The van der Waals surface area contributed by atoms with Gasteiger partial charge in [-0.1, -0.05) is 29.8 Å². The molecule has 19 heavy (non-hydrogen) atoms. The highest BCUT2D eigenvalue weighted by molar-refractivity contribution is 5.84. The van der Waals surface area contributed by atoms with Crippen LogP contribution in [0.3, 0.4) is 0 Å². The molecular formula is C14H19NO4. The second-order valence-corrected chi connectivity index (χ2v) is 4.29. The van der Waals surface area contributed by atoms with Gasteiger partial charge in [0.15, 0.2) is 0 Å². The Hall–Kier alpha value is -1.88. The van der Waals surface area contributed by atoms with Gasteiger partial charge in [0.1, 0.15) is 12.6 Å². The van der Waals surface area contributed by atoms with Gasteiger partial charge in [0, 0.05) is 13.0 Å². The van der Waals surface area contributed by atoms with Gasteiger partial charge >= 0.3 is 5.97 Å². The van der Waals surface area contributed by atoms with E-state index in [-0.39, 0.29) is 13.0 Å². The zero-order valence-electron chi connectivity index (χ0n) is 11.2. The average Bonchev–Trinajstić information content (AvgIpc) is 2.35. The van der Waals surface area contributed by atoms with Crippen LogP contribution in [0.15, 0.2) is 24.3 Å². The van der Waals surface area contributed by atoms with Crippen LogP contribution in [0.1, 0.15) is 18.1 Å². The normalized spacial score (nSPS) is 11.9. The molecule has 0 saturated carbocycles. The predicted octanol–water partition coefficient (Wildman–Crippen LogP) is 1.14. The molecule has 0 fully saturated rings. The van der Waals surface area contributed by atoms with Crippen molar-refractivity contribution in [2.24, 2.45) is 0 Å². The molecule has 0 aliphatic carbocycles. The fourth-order valence-electron chi connectivity index (χ4n) is 1.71. The molecule has 5 nitrogen and oxygen atoms in total. The van der Waals surface area contributed by atoms with E-state index in [4.69, 9.17) is 9.84 Å². The number of carboxylic acids is 1. The van der Waals surface area contributed by atoms with Gasteiger partial charge < -0.3 is 15.2 Å². The minimum atomic E-state index is -1.05. The molecule has 0 aromatic heterocycles. The lowest BCUT2D eigenvalue weighted by Gasteiger charge is -2.14. The van der Waals surface area contributed by atoms with Crippen LogP contribution in [0.4, 0.5) is 0 Å². The van der Waals surface area contributed by atoms with E-state index in [2.05, 4.69) is 5.32 Å². The fraction of sp³-hybridized carbons (Fsp3) is 0.429. The van der Waals surface area contributed by atoms with Crippen LogP contribution in [0.5, 0.6) is 0 Å². The quantitative estimate of drug-likeness (QED) is 0.775. The number of nitrogens with one attached hydrogen (secondary N) is 1. The first-order valence-corrected chi connectivity index (χ1v) is 6.18. The van der Waals surface area contributed by atoms with Crippen molar-refractivity contribution in [3.8, 4) is 0 Å². The van der Waals surface area contributed by atoms with Gasteiger partial charge in [-0.15, -0.1) is 0 Å². The number of rotatable bonds is 7. The third kappa shape index (κ3) is 5.52. The van der Waals surface area contributed by atoms with Crippen LogP contribution >= 0.6 is 0 Å². The van der Waals surface area contributed by atoms with Crippen molar-refractivity contribution in [2.75, 3.05) is 13.2 Å². The maximum atomic E-state index is 11.5. The number of hydrogen-bond donors (Lipinski definition) is 2. The maximum absolute atomic E-state index is 11.5. The number of hydrogen-bond acceptors (Lipinski definition) is 3. The summed E-state index contributed by atoms with van der Waals surface area (Å²) in [5.74, 6) is -1.46. The first kappa shape index (κ1) is 15.2. The SMILES string of the molecule is CCOCC(=O)N[C@@H](Cc1cccc(C)c1)C(=O)O. The maximum Gasteiger partial charge on any atom is 0.326 e. The lowest BCUT2D eigenvalue weighted by atomic mass is 10.0. The Balaban J connectivity index is 2.63. The Kier molecular flexibility index (Phi) is 6.02. The number of benzene rings is 1. The van der Waals surface area contributed by atoms with E-state index in [9.17, 15) is 9.59 Å². The van der Waals surface area contributed by atoms with Gasteiger partial charge in [0.05, 0.1) is 0 Å². The highest BCUT2D eigenvalue weighted by Crippen LogP contribution is 2.07. The molecule has 1 amide bonds. The van der Waals surface area contributed by atoms with Crippen molar-refractivity contribution >= 4 is 11.9 Å². The Morgan fingerprint density at radius 3 is 2.74 bits per heavy atom. The summed E-state index contributed by atoms with van der Waals surface area (Å²) < 4.78 is 4.94. The molecule has 2 N–H and O–H groups in total. The van der Waals surface area contributed by atoms with Crippen LogP contribution in [-0.2, 0) is 20.7 Å². The zero-order chi connectivity index (χ0) is 14.3. The summed E-state index contributed by atoms with van der Waals surface area (Å²) in [5, 5.41) is 11.6. The molecule has 0 aliphatic heterocycles. The molecule has 5 heteroatoms. The largest absolute Gasteiger partial charge is 0.480 e. The lowest BCUT2D eigenvalue weighted by Crippen LogP contribution is -2.43. The molecular weight excluding hydrogens is 246 g/mol. The highest BCUT2D eigenvalue weighted by atomic mass is 16.5. The first-order chi connectivity index (χ1) is 9.02. The predicted molar refractivity (Wildman–Crippen MR) is 70.9 cm³/mol. The summed E-state index contributed by atoms with van der Waals surface area (Å²) in [7, 11) is 0. The van der Waals surface area contributed by atoms with Gasteiger partial charge in [0.25, 0.3) is 0 Å². The Morgan fingerprint density at radius 1 is 1.42 bits per heavy atom. The van der Waals surface area contributed by atoms with Crippen molar-refractivity contribution < 1.29 is 19.4 Å². The minimum absolute atomic E-state index is 0.117. The molecule has 0 aliphatic rings. The van der Waals surface area contributed by atoms with Crippen LogP contribution in [0.2, 0.25) is 0 Å². The molecule has 0 heterocycles. The van der Waals surface area contributed by atoms with Crippen LogP contribution < -0.4 is 5.32 Å². The average molecular weight is 265 g/mol.